The van der Waals surface area contributed by atoms with Crippen LogP contribution in [0.25, 0.3) is 0 Å². The number of hydrogen-bond acceptors (Lipinski definition) is 1. The predicted octanol–water partition coefficient (Wildman–Crippen LogP) is 4.66. The molecule has 3 aliphatic carbocycles. The molecular weight excluding hydrogens is 208 g/mol. The van der Waals surface area contributed by atoms with Crippen molar-refractivity contribution in [2.45, 2.75) is 67.2 Å². The highest BCUT2D eigenvalue weighted by molar-refractivity contribution is 5.17. The van der Waals surface area contributed by atoms with E-state index in [4.69, 9.17) is 4.74 Å². The Balaban J connectivity index is 1.69. The van der Waals surface area contributed by atoms with E-state index in [1.807, 2.05) is 0 Å². The zero-order chi connectivity index (χ0) is 12.9. The van der Waals surface area contributed by atoms with E-state index < -0.39 is 0 Å². The average Bonchev–Trinajstić information content (AvgIpc) is 1.92. The van der Waals surface area contributed by atoms with Gasteiger partial charge in [-0.1, -0.05) is 41.5 Å². The van der Waals surface area contributed by atoms with Crippen molar-refractivity contribution in [1.82, 2.24) is 0 Å². The van der Waals surface area contributed by atoms with Crippen LogP contribution in [0.4, 0.5) is 0 Å². The van der Waals surface area contributed by atoms with Crippen LogP contribution in [0, 0.1) is 21.7 Å². The van der Waals surface area contributed by atoms with Gasteiger partial charge in [-0.15, -0.1) is 0 Å². The van der Waals surface area contributed by atoms with Crippen molar-refractivity contribution in [2.24, 2.45) is 21.7 Å². The number of rotatable bonds is 4. The third kappa shape index (κ3) is 3.05. The van der Waals surface area contributed by atoms with Crippen molar-refractivity contribution in [3.8, 4) is 0 Å². The molecule has 0 unspecified atom stereocenters. The summed E-state index contributed by atoms with van der Waals surface area (Å²) in [6.45, 7) is 15.8. The molecule has 0 N–H and O–H groups in total. The summed E-state index contributed by atoms with van der Waals surface area (Å²) >= 11 is 0. The summed E-state index contributed by atoms with van der Waals surface area (Å²) in [6, 6.07) is 0. The van der Waals surface area contributed by atoms with Crippen LogP contribution >= 0.6 is 0 Å². The monoisotopic (exact) mass is 238 g/mol. The lowest BCUT2D eigenvalue weighted by molar-refractivity contribution is -0.246. The highest BCUT2D eigenvalue weighted by Crippen LogP contribution is 2.76. The van der Waals surface area contributed by atoms with Crippen molar-refractivity contribution < 1.29 is 4.74 Å². The molecule has 0 spiro atoms. The Morgan fingerprint density at radius 1 is 0.824 bits per heavy atom. The molecule has 100 valence electrons. The standard InChI is InChI=1S/C16H30O/c1-13(2,3)7-15-8-16(9-15,10-15)12-17-11-14(4,5)6/h7-12H2,1-6H3. The quantitative estimate of drug-likeness (QED) is 0.692. The first-order valence-corrected chi connectivity index (χ1v) is 7.11. The van der Waals surface area contributed by atoms with E-state index in [-0.39, 0.29) is 0 Å². The smallest absolute Gasteiger partial charge is 0.0523 e. The molecule has 0 saturated heterocycles. The van der Waals surface area contributed by atoms with Gasteiger partial charge in [-0.05, 0) is 47.3 Å². The van der Waals surface area contributed by atoms with Gasteiger partial charge >= 0.3 is 0 Å². The van der Waals surface area contributed by atoms with E-state index in [2.05, 4.69) is 41.5 Å². The van der Waals surface area contributed by atoms with E-state index in [1.165, 1.54) is 25.7 Å². The Bertz CT molecular complexity index is 264. The fourth-order valence-electron chi connectivity index (χ4n) is 4.27. The van der Waals surface area contributed by atoms with Gasteiger partial charge in [0.1, 0.15) is 0 Å². The highest BCUT2D eigenvalue weighted by atomic mass is 16.5. The SMILES string of the molecule is CC(C)(C)COCC12CC(CC(C)(C)C)(C1)C2. The van der Waals surface area contributed by atoms with E-state index in [9.17, 15) is 0 Å². The van der Waals surface area contributed by atoms with Crippen molar-refractivity contribution in [3.63, 3.8) is 0 Å². The molecule has 3 rings (SSSR count). The van der Waals surface area contributed by atoms with E-state index in [1.54, 1.807) is 0 Å². The molecule has 0 amide bonds. The van der Waals surface area contributed by atoms with Crippen LogP contribution in [0.5, 0.6) is 0 Å². The molecule has 0 atom stereocenters. The lowest BCUT2D eigenvalue weighted by atomic mass is 9.33. The zero-order valence-corrected chi connectivity index (χ0v) is 12.7. The molecule has 17 heavy (non-hydrogen) atoms. The van der Waals surface area contributed by atoms with Crippen LogP contribution in [0.15, 0.2) is 0 Å². The molecule has 0 aliphatic heterocycles. The van der Waals surface area contributed by atoms with Gasteiger partial charge in [0.15, 0.2) is 0 Å². The van der Waals surface area contributed by atoms with Crippen LogP contribution in [-0.4, -0.2) is 13.2 Å². The summed E-state index contributed by atoms with van der Waals surface area (Å²) in [5.74, 6) is 0. The minimum atomic E-state index is 0.312. The third-order valence-electron chi connectivity index (χ3n) is 4.10. The van der Waals surface area contributed by atoms with Crippen LogP contribution in [0.3, 0.4) is 0 Å². The first-order valence-electron chi connectivity index (χ1n) is 7.11. The topological polar surface area (TPSA) is 9.23 Å². The second kappa shape index (κ2) is 3.73. The second-order valence-corrected chi connectivity index (χ2v) is 9.32. The first kappa shape index (κ1) is 13.4. The zero-order valence-electron chi connectivity index (χ0n) is 12.7. The van der Waals surface area contributed by atoms with Crippen molar-refractivity contribution in [1.29, 1.82) is 0 Å². The lowest BCUT2D eigenvalue weighted by Crippen LogP contribution is -2.64. The molecule has 3 aliphatic rings. The Morgan fingerprint density at radius 2 is 1.35 bits per heavy atom. The molecule has 0 aromatic heterocycles. The predicted molar refractivity (Wildman–Crippen MR) is 73.1 cm³/mol. The normalized spacial score (nSPS) is 36.4. The molecule has 0 radical (unpaired) electrons. The summed E-state index contributed by atoms with van der Waals surface area (Å²) in [5, 5.41) is 0. The van der Waals surface area contributed by atoms with Crippen LogP contribution in [-0.2, 0) is 4.74 Å². The summed E-state index contributed by atoms with van der Waals surface area (Å²) in [7, 11) is 0. The van der Waals surface area contributed by atoms with Gasteiger partial charge in [0.05, 0.1) is 13.2 Å². The van der Waals surface area contributed by atoms with Gasteiger partial charge < -0.3 is 4.74 Å². The van der Waals surface area contributed by atoms with Crippen LogP contribution in [0.1, 0.15) is 67.2 Å². The minimum Gasteiger partial charge on any atom is -0.380 e. The number of hydrogen-bond donors (Lipinski definition) is 0. The molecule has 0 heterocycles. The summed E-state index contributed by atoms with van der Waals surface area (Å²) in [4.78, 5) is 0. The largest absolute Gasteiger partial charge is 0.380 e. The first-order chi connectivity index (χ1) is 7.54. The van der Waals surface area contributed by atoms with E-state index in [0.29, 0.717) is 21.7 Å². The summed E-state index contributed by atoms with van der Waals surface area (Å²) < 4.78 is 5.92. The summed E-state index contributed by atoms with van der Waals surface area (Å²) in [6.07, 6.45) is 5.70. The molecule has 1 nitrogen and oxygen atoms in total. The number of ether oxygens (including phenoxy) is 1. The molecule has 1 heteroatoms. The van der Waals surface area contributed by atoms with Gasteiger partial charge in [0, 0.05) is 0 Å². The molecule has 2 bridgehead atoms. The Morgan fingerprint density at radius 3 is 1.76 bits per heavy atom. The fraction of sp³-hybridized carbons (Fsp3) is 1.00. The average molecular weight is 238 g/mol. The summed E-state index contributed by atoms with van der Waals surface area (Å²) in [5.41, 5.74) is 2.12. The fourth-order valence-corrected chi connectivity index (χ4v) is 4.27. The molecule has 3 saturated carbocycles. The van der Waals surface area contributed by atoms with Gasteiger partial charge in [0.25, 0.3) is 0 Å². The highest BCUT2D eigenvalue weighted by Gasteiger charge is 2.67. The maximum absolute atomic E-state index is 5.92. The van der Waals surface area contributed by atoms with Crippen LogP contribution < -0.4 is 0 Å². The van der Waals surface area contributed by atoms with E-state index >= 15 is 0 Å². The van der Waals surface area contributed by atoms with Crippen molar-refractivity contribution in [2.75, 3.05) is 13.2 Å². The van der Waals surface area contributed by atoms with Crippen molar-refractivity contribution in [3.05, 3.63) is 0 Å². The van der Waals surface area contributed by atoms with Crippen LogP contribution in [0.2, 0.25) is 0 Å². The lowest BCUT2D eigenvalue weighted by Gasteiger charge is -2.72. The molecular formula is C16H30O. The molecule has 3 fully saturated rings. The second-order valence-electron chi connectivity index (χ2n) is 9.32. The van der Waals surface area contributed by atoms with E-state index in [0.717, 1.165) is 13.2 Å². The third-order valence-corrected chi connectivity index (χ3v) is 4.10. The van der Waals surface area contributed by atoms with Gasteiger partial charge in [-0.25, -0.2) is 0 Å². The Kier molecular flexibility index (Phi) is 2.94. The molecule has 0 aromatic rings. The Labute approximate surface area is 107 Å². The van der Waals surface area contributed by atoms with Gasteiger partial charge in [0.2, 0.25) is 0 Å². The van der Waals surface area contributed by atoms with Crippen molar-refractivity contribution >= 4 is 0 Å². The molecule has 0 aromatic carbocycles. The Hall–Kier alpha value is -0.0400. The maximum Gasteiger partial charge on any atom is 0.0523 e. The van der Waals surface area contributed by atoms with Gasteiger partial charge in [-0.3, -0.25) is 0 Å². The van der Waals surface area contributed by atoms with Gasteiger partial charge in [-0.2, -0.15) is 0 Å². The maximum atomic E-state index is 5.92. The minimum absolute atomic E-state index is 0.312.